The molecule has 0 aromatic carbocycles. The quantitative estimate of drug-likeness (QED) is 0.502. The Morgan fingerprint density at radius 3 is 2.67 bits per heavy atom. The molecule has 2 radical (unpaired) electrons. The largest absolute Gasteiger partial charge is 0.390 e. The van der Waals surface area contributed by atoms with Crippen molar-refractivity contribution < 1.29 is 9.84 Å². The molecule has 1 unspecified atom stereocenters. The summed E-state index contributed by atoms with van der Waals surface area (Å²) in [6, 6.07) is -0.245. The number of aliphatic hydroxyl groups is 1. The van der Waals surface area contributed by atoms with Crippen molar-refractivity contribution in [1.29, 1.82) is 0 Å². The molecule has 3 atom stereocenters. The fraction of sp³-hybridized carbons (Fsp3) is 1.00. The zero-order chi connectivity index (χ0) is 6.85. The highest BCUT2D eigenvalue weighted by atomic mass is 16.5. The molecule has 1 heterocycles. The Kier molecular flexibility index (Phi) is 2.14. The highest BCUT2D eigenvalue weighted by Crippen LogP contribution is 2.19. The SMILES string of the molecule is [B]C1C[C@H](O)[C@@H](CC)O1. The van der Waals surface area contributed by atoms with Gasteiger partial charge in [-0.05, 0) is 12.8 Å². The van der Waals surface area contributed by atoms with Gasteiger partial charge in [0.25, 0.3) is 0 Å². The summed E-state index contributed by atoms with van der Waals surface area (Å²) in [4.78, 5) is 0. The van der Waals surface area contributed by atoms with E-state index < -0.39 is 0 Å². The molecule has 1 N–H and O–H groups in total. The van der Waals surface area contributed by atoms with E-state index in [1.54, 1.807) is 0 Å². The Bertz CT molecular complexity index is 97.1. The first-order valence-corrected chi connectivity index (χ1v) is 3.33. The summed E-state index contributed by atoms with van der Waals surface area (Å²) in [7, 11) is 5.41. The van der Waals surface area contributed by atoms with Gasteiger partial charge in [0.1, 0.15) is 7.85 Å². The van der Waals surface area contributed by atoms with E-state index in [1.165, 1.54) is 0 Å². The lowest BCUT2D eigenvalue weighted by atomic mass is 9.96. The molecule has 1 saturated heterocycles. The second-order valence-electron chi connectivity index (χ2n) is 2.42. The van der Waals surface area contributed by atoms with Crippen molar-refractivity contribution in [3.63, 3.8) is 0 Å². The lowest BCUT2D eigenvalue weighted by Gasteiger charge is -2.09. The van der Waals surface area contributed by atoms with E-state index in [1.807, 2.05) is 6.92 Å². The van der Waals surface area contributed by atoms with Gasteiger partial charge >= 0.3 is 0 Å². The van der Waals surface area contributed by atoms with E-state index in [0.717, 1.165) is 6.42 Å². The molecule has 9 heavy (non-hydrogen) atoms. The van der Waals surface area contributed by atoms with Gasteiger partial charge < -0.3 is 9.84 Å². The van der Waals surface area contributed by atoms with Crippen LogP contribution in [-0.2, 0) is 4.74 Å². The Balaban J connectivity index is 2.38. The van der Waals surface area contributed by atoms with Gasteiger partial charge in [-0.1, -0.05) is 6.92 Å². The number of aliphatic hydroxyl groups excluding tert-OH is 1. The normalized spacial score (nSPS) is 43.6. The van der Waals surface area contributed by atoms with Gasteiger partial charge in [-0.3, -0.25) is 0 Å². The van der Waals surface area contributed by atoms with E-state index in [9.17, 15) is 0 Å². The molecule has 0 aliphatic carbocycles. The second kappa shape index (κ2) is 2.71. The van der Waals surface area contributed by atoms with Gasteiger partial charge in [0.2, 0.25) is 0 Å². The molecule has 3 heteroatoms. The van der Waals surface area contributed by atoms with Crippen LogP contribution in [0, 0.1) is 0 Å². The van der Waals surface area contributed by atoms with E-state index in [4.69, 9.17) is 17.7 Å². The van der Waals surface area contributed by atoms with E-state index in [-0.39, 0.29) is 18.2 Å². The number of hydrogen-bond donors (Lipinski definition) is 1. The summed E-state index contributed by atoms with van der Waals surface area (Å²) in [5.41, 5.74) is 0. The van der Waals surface area contributed by atoms with Crippen LogP contribution in [0.5, 0.6) is 0 Å². The van der Waals surface area contributed by atoms with Gasteiger partial charge in [0.15, 0.2) is 0 Å². The van der Waals surface area contributed by atoms with Crippen LogP contribution in [0.4, 0.5) is 0 Å². The summed E-state index contributed by atoms with van der Waals surface area (Å²) >= 11 is 0. The molecule has 1 aliphatic heterocycles. The van der Waals surface area contributed by atoms with Gasteiger partial charge in [-0.15, -0.1) is 0 Å². The minimum absolute atomic E-state index is 0.0278. The highest BCUT2D eigenvalue weighted by molar-refractivity contribution is 6.11. The fourth-order valence-corrected chi connectivity index (χ4v) is 1.13. The summed E-state index contributed by atoms with van der Waals surface area (Å²) in [6.07, 6.45) is 1.05. The molecule has 0 aromatic rings. The molecule has 1 fully saturated rings. The maximum atomic E-state index is 9.15. The zero-order valence-corrected chi connectivity index (χ0v) is 5.58. The van der Waals surface area contributed by atoms with Crippen LogP contribution in [0.15, 0.2) is 0 Å². The summed E-state index contributed by atoms with van der Waals surface area (Å²) in [6.45, 7) is 1.98. The van der Waals surface area contributed by atoms with Crippen molar-refractivity contribution in [1.82, 2.24) is 0 Å². The molecule has 0 bridgehead atoms. The highest BCUT2D eigenvalue weighted by Gasteiger charge is 2.28. The molecule has 0 aromatic heterocycles. The predicted molar refractivity (Wildman–Crippen MR) is 35.3 cm³/mol. The third-order valence-corrected chi connectivity index (χ3v) is 1.65. The summed E-state index contributed by atoms with van der Waals surface area (Å²) in [5.74, 6) is 0. The van der Waals surface area contributed by atoms with E-state index in [0.29, 0.717) is 6.42 Å². The molecule has 50 valence electrons. The number of ether oxygens (including phenoxy) is 1. The smallest absolute Gasteiger partial charge is 0.109 e. The lowest BCUT2D eigenvalue weighted by Crippen LogP contribution is -2.19. The Morgan fingerprint density at radius 1 is 1.78 bits per heavy atom. The Morgan fingerprint density at radius 2 is 2.44 bits per heavy atom. The molecular weight excluding hydrogens is 115 g/mol. The molecule has 0 saturated carbocycles. The average molecular weight is 126 g/mol. The molecule has 2 nitrogen and oxygen atoms in total. The molecule has 1 aliphatic rings. The van der Waals surface area contributed by atoms with Crippen molar-refractivity contribution >= 4 is 7.85 Å². The van der Waals surface area contributed by atoms with Gasteiger partial charge in [-0.2, -0.15) is 0 Å². The van der Waals surface area contributed by atoms with Crippen molar-refractivity contribution in [2.45, 2.75) is 38.0 Å². The first kappa shape index (κ1) is 7.10. The standard InChI is InChI=1S/C6H11BO2/c1-2-5-4(8)3-6(7)9-5/h4-6,8H,2-3H2,1H3/t4-,5+,6?/m0/s1. The molecule has 1 rings (SSSR count). The van der Waals surface area contributed by atoms with Crippen LogP contribution in [0.1, 0.15) is 19.8 Å². The van der Waals surface area contributed by atoms with Crippen LogP contribution in [0.2, 0.25) is 0 Å². The first-order chi connectivity index (χ1) is 4.24. The Labute approximate surface area is 56.6 Å². The van der Waals surface area contributed by atoms with Crippen LogP contribution in [-0.4, -0.2) is 31.2 Å². The van der Waals surface area contributed by atoms with Gasteiger partial charge in [0, 0.05) is 6.00 Å². The predicted octanol–water partition coefficient (Wildman–Crippen LogP) is 0.0408. The average Bonchev–Trinajstić information content (AvgIpc) is 2.10. The summed E-state index contributed by atoms with van der Waals surface area (Å²) in [5, 5.41) is 9.15. The lowest BCUT2D eigenvalue weighted by molar-refractivity contribution is 0.0305. The fourth-order valence-electron chi connectivity index (χ4n) is 1.13. The summed E-state index contributed by atoms with van der Waals surface area (Å²) < 4.78 is 5.15. The van der Waals surface area contributed by atoms with Gasteiger partial charge in [-0.25, -0.2) is 0 Å². The second-order valence-corrected chi connectivity index (χ2v) is 2.42. The third-order valence-electron chi connectivity index (χ3n) is 1.65. The Hall–Kier alpha value is -0.0151. The van der Waals surface area contributed by atoms with Crippen LogP contribution < -0.4 is 0 Å². The van der Waals surface area contributed by atoms with Gasteiger partial charge in [0.05, 0.1) is 12.2 Å². The van der Waals surface area contributed by atoms with E-state index in [2.05, 4.69) is 0 Å². The first-order valence-electron chi connectivity index (χ1n) is 3.33. The van der Waals surface area contributed by atoms with Crippen LogP contribution in [0.25, 0.3) is 0 Å². The maximum absolute atomic E-state index is 9.15. The van der Waals surface area contributed by atoms with Crippen molar-refractivity contribution in [2.24, 2.45) is 0 Å². The van der Waals surface area contributed by atoms with Crippen molar-refractivity contribution in [3.8, 4) is 0 Å². The maximum Gasteiger partial charge on any atom is 0.109 e. The zero-order valence-electron chi connectivity index (χ0n) is 5.58. The minimum Gasteiger partial charge on any atom is -0.390 e. The molecular formula is C6H11BO2. The minimum atomic E-state index is -0.343. The molecule has 0 amide bonds. The monoisotopic (exact) mass is 126 g/mol. The topological polar surface area (TPSA) is 29.5 Å². The van der Waals surface area contributed by atoms with E-state index >= 15 is 0 Å². The third kappa shape index (κ3) is 1.46. The van der Waals surface area contributed by atoms with Crippen LogP contribution in [0.3, 0.4) is 0 Å². The van der Waals surface area contributed by atoms with Crippen molar-refractivity contribution in [2.75, 3.05) is 0 Å². The van der Waals surface area contributed by atoms with Crippen molar-refractivity contribution in [3.05, 3.63) is 0 Å². The molecule has 0 spiro atoms. The number of hydrogen-bond acceptors (Lipinski definition) is 2. The van der Waals surface area contributed by atoms with Crippen LogP contribution >= 0.6 is 0 Å². The number of rotatable bonds is 1.